The van der Waals surface area contributed by atoms with Crippen molar-refractivity contribution in [2.75, 3.05) is 13.2 Å². The zero-order valence-corrected chi connectivity index (χ0v) is 15.1. The van der Waals surface area contributed by atoms with E-state index in [1.54, 1.807) is 25.2 Å². The maximum atomic E-state index is 8.93. The number of thiophene rings is 1. The molecule has 1 aromatic rings. The van der Waals surface area contributed by atoms with Gasteiger partial charge < -0.3 is 10.2 Å². The minimum Gasteiger partial charge on any atom is -0.855 e. The Morgan fingerprint density at radius 3 is 2.18 bits per heavy atom. The molecule has 3 nitrogen and oxygen atoms in total. The molecule has 0 fully saturated rings. The summed E-state index contributed by atoms with van der Waals surface area (Å²) in [6.45, 7) is 5.20. The third kappa shape index (κ3) is 11.2. The van der Waals surface area contributed by atoms with E-state index in [0.717, 1.165) is 0 Å². The molecule has 0 spiro atoms. The molecular weight excluding hydrogens is 341 g/mol. The summed E-state index contributed by atoms with van der Waals surface area (Å²) in [5.41, 5.74) is 7.28. The molecule has 0 amide bonds. The van der Waals surface area contributed by atoms with Crippen molar-refractivity contribution >= 4 is 33.9 Å². The first-order valence-corrected chi connectivity index (χ1v) is 8.97. The molecule has 0 saturated carbocycles. The number of hydrogen-bond acceptors (Lipinski definition) is 4. The third-order valence-electron chi connectivity index (χ3n) is 1.61. The van der Waals surface area contributed by atoms with Gasteiger partial charge in [0.15, 0.2) is 0 Å². The fraction of sp³-hybridized carbons (Fsp3) is 0.667. The van der Waals surface area contributed by atoms with Crippen LogP contribution in [-0.2, 0) is 6.42 Å². The van der Waals surface area contributed by atoms with Gasteiger partial charge in [0.2, 0.25) is 0 Å². The second-order valence-electron chi connectivity index (χ2n) is 3.21. The van der Waals surface area contributed by atoms with Crippen LogP contribution in [-0.4, -0.2) is 35.7 Å². The van der Waals surface area contributed by atoms with Crippen LogP contribution >= 0.6 is 11.3 Å². The Balaban J connectivity index is 0. The Hall–Kier alpha value is 0.379. The summed E-state index contributed by atoms with van der Waals surface area (Å²) in [4.78, 5) is 1.37. The van der Waals surface area contributed by atoms with Crippen LogP contribution in [0.15, 0.2) is 11.4 Å². The van der Waals surface area contributed by atoms with Crippen LogP contribution in [0.5, 0.6) is 0 Å². The van der Waals surface area contributed by atoms with Crippen LogP contribution in [0.1, 0.15) is 37.3 Å². The average molecular weight is 364 g/mol. The molecule has 1 rings (SSSR count). The fourth-order valence-corrected chi connectivity index (χ4v) is 2.91. The summed E-state index contributed by atoms with van der Waals surface area (Å²) in [6.07, 6.45) is 1.22. The molecule has 98 valence electrons. The predicted molar refractivity (Wildman–Crippen MR) is 73.7 cm³/mol. The summed E-state index contributed by atoms with van der Waals surface area (Å²) < 4.78 is 1.33. The molecule has 0 aromatic carbocycles. The molecule has 0 saturated heterocycles. The van der Waals surface area contributed by atoms with Gasteiger partial charge in [-0.25, -0.2) is 0 Å². The van der Waals surface area contributed by atoms with Crippen LogP contribution in [0.25, 0.3) is 0 Å². The first-order valence-electron chi connectivity index (χ1n) is 5.76. The molecule has 0 aliphatic rings. The monoisotopic (exact) mass is 365 g/mol. The smallest absolute Gasteiger partial charge is 0.0809 e. The Labute approximate surface area is 122 Å². The van der Waals surface area contributed by atoms with E-state index in [-0.39, 0.29) is 19.3 Å². The van der Waals surface area contributed by atoms with E-state index in [4.69, 9.17) is 15.9 Å². The van der Waals surface area contributed by atoms with Crippen molar-refractivity contribution in [2.45, 2.75) is 37.7 Å². The van der Waals surface area contributed by atoms with Crippen molar-refractivity contribution in [3.05, 3.63) is 21.9 Å². The molecule has 0 aliphatic carbocycles. The van der Waals surface area contributed by atoms with E-state index in [9.17, 15) is 0 Å². The standard InChI is InChI=1S/C8H12NS.2C2H5O.Sn.H/c1-3-7-4-5-10-8(7)6(2)9;2*1-2-3;;/h4-6H,1,3,9H2,2H3;2*2H2,1H3;;/q;2*-1;+2;. The molecule has 2 N–H and O–H groups in total. The number of hydrogen-bond donors (Lipinski definition) is 1. The van der Waals surface area contributed by atoms with Crippen LogP contribution < -0.4 is 15.9 Å². The van der Waals surface area contributed by atoms with E-state index in [2.05, 4.69) is 18.4 Å². The van der Waals surface area contributed by atoms with Crippen LogP contribution in [0.4, 0.5) is 0 Å². The minimum absolute atomic E-state index is 0. The minimum atomic E-state index is 0. The summed E-state index contributed by atoms with van der Waals surface area (Å²) in [5.74, 6) is 0. The van der Waals surface area contributed by atoms with Crippen molar-refractivity contribution < 1.29 is 10.2 Å². The maximum Gasteiger partial charge on any atom is -0.0809 e. The molecule has 17 heavy (non-hydrogen) atoms. The van der Waals surface area contributed by atoms with Gasteiger partial charge in [0.25, 0.3) is 0 Å². The molecular formula is C12H23NO2SSn. The van der Waals surface area contributed by atoms with Gasteiger partial charge in [-0.2, -0.15) is 0 Å². The number of nitrogens with two attached hydrogens (primary N) is 1. The largest absolute Gasteiger partial charge is 0.855 e. The van der Waals surface area contributed by atoms with Crippen molar-refractivity contribution in [1.29, 1.82) is 0 Å². The van der Waals surface area contributed by atoms with Gasteiger partial charge in [0, 0.05) is 0 Å². The van der Waals surface area contributed by atoms with Crippen LogP contribution in [0.2, 0.25) is 4.44 Å². The quantitative estimate of drug-likeness (QED) is 0.788. The van der Waals surface area contributed by atoms with E-state index < -0.39 is 0 Å². The molecule has 1 aromatic heterocycles. The summed E-state index contributed by atoms with van der Waals surface area (Å²) in [7, 11) is 0. The molecule has 0 radical (unpaired) electrons. The van der Waals surface area contributed by atoms with E-state index in [1.165, 1.54) is 43.8 Å². The van der Waals surface area contributed by atoms with Crippen molar-refractivity contribution in [3.8, 4) is 0 Å². The zero-order chi connectivity index (χ0) is 13.7. The summed E-state index contributed by atoms with van der Waals surface area (Å²) in [5, 5.41) is 20.0. The van der Waals surface area contributed by atoms with Gasteiger partial charge in [-0.15, -0.1) is 13.2 Å². The Bertz CT molecular complexity index is 252. The number of aryl methyl sites for hydroxylation is 1. The topological polar surface area (TPSA) is 72.1 Å². The summed E-state index contributed by atoms with van der Waals surface area (Å²) in [6, 6.07) is 2.43. The van der Waals surface area contributed by atoms with Gasteiger partial charge in [-0.1, -0.05) is 13.8 Å². The SMILES string of the molecule is CC(N)c1sccc1C[CH2][SnH+2].CC[O-].CC[O-]. The normalized spacial score (nSPS) is 10.6. The van der Waals surface area contributed by atoms with Gasteiger partial charge in [0.1, 0.15) is 0 Å². The molecule has 0 aliphatic heterocycles. The fourth-order valence-electron chi connectivity index (χ4n) is 1.11. The second-order valence-corrected chi connectivity index (χ2v) is 5.81. The molecule has 5 heteroatoms. The summed E-state index contributed by atoms with van der Waals surface area (Å²) >= 11 is 3.14. The third-order valence-corrected chi connectivity index (χ3v) is 3.59. The average Bonchev–Trinajstić information content (AvgIpc) is 2.69. The van der Waals surface area contributed by atoms with Crippen molar-refractivity contribution in [1.82, 2.24) is 0 Å². The van der Waals surface area contributed by atoms with Gasteiger partial charge in [-0.05, 0) is 0 Å². The van der Waals surface area contributed by atoms with Gasteiger partial charge in [-0.3, -0.25) is 0 Å². The van der Waals surface area contributed by atoms with Crippen molar-refractivity contribution in [2.24, 2.45) is 5.73 Å². The van der Waals surface area contributed by atoms with E-state index >= 15 is 0 Å². The Kier molecular flexibility index (Phi) is 16.7. The van der Waals surface area contributed by atoms with E-state index in [0.29, 0.717) is 0 Å². The molecule has 0 bridgehead atoms. The first kappa shape index (κ1) is 19.7. The molecule has 1 atom stereocenters. The predicted octanol–water partition coefficient (Wildman–Crippen LogP) is 0.363. The Morgan fingerprint density at radius 2 is 1.82 bits per heavy atom. The van der Waals surface area contributed by atoms with E-state index in [1.807, 2.05) is 0 Å². The van der Waals surface area contributed by atoms with Gasteiger partial charge >= 0.3 is 85.3 Å². The maximum absolute atomic E-state index is 8.93. The second kappa shape index (κ2) is 14.4. The first-order chi connectivity index (χ1) is 8.08. The zero-order valence-electron chi connectivity index (χ0n) is 10.9. The molecule has 1 unspecified atom stereocenters. The van der Waals surface area contributed by atoms with Crippen LogP contribution in [0, 0.1) is 0 Å². The van der Waals surface area contributed by atoms with Crippen molar-refractivity contribution in [3.63, 3.8) is 0 Å². The Morgan fingerprint density at radius 1 is 1.35 bits per heavy atom. The molecule has 1 heterocycles. The number of rotatable bonds is 3. The van der Waals surface area contributed by atoms with Crippen LogP contribution in [0.3, 0.4) is 0 Å². The van der Waals surface area contributed by atoms with Gasteiger partial charge in [0.05, 0.1) is 0 Å².